The maximum absolute atomic E-state index is 5.87. The van der Waals surface area contributed by atoms with Crippen LogP contribution in [0.1, 0.15) is 33.1 Å². The van der Waals surface area contributed by atoms with E-state index in [1.165, 1.54) is 25.9 Å². The lowest BCUT2D eigenvalue weighted by Crippen LogP contribution is -2.44. The van der Waals surface area contributed by atoms with Crippen molar-refractivity contribution < 1.29 is 4.74 Å². The Morgan fingerprint density at radius 2 is 2.00 bits per heavy atom. The minimum absolute atomic E-state index is 0.484. The highest BCUT2D eigenvalue weighted by Crippen LogP contribution is 2.06. The molecule has 90 valence electrons. The van der Waals surface area contributed by atoms with Gasteiger partial charge < -0.3 is 10.1 Å². The summed E-state index contributed by atoms with van der Waals surface area (Å²) >= 11 is 0. The quantitative estimate of drug-likeness (QED) is 0.695. The molecule has 1 saturated heterocycles. The summed E-state index contributed by atoms with van der Waals surface area (Å²) in [6, 6.07) is 0. The van der Waals surface area contributed by atoms with Crippen molar-refractivity contribution in [1.82, 2.24) is 10.2 Å². The first-order valence-corrected chi connectivity index (χ1v) is 6.41. The van der Waals surface area contributed by atoms with E-state index in [1.54, 1.807) is 0 Å². The molecule has 0 aromatic carbocycles. The standard InChI is InChI=1S/C12H26N2O/c1-3-5-12(4-2)15-11-10-14-8-6-13-7-9-14/h12-13H,3-11H2,1-2H3. The molecule has 1 rings (SSSR count). The van der Waals surface area contributed by atoms with Gasteiger partial charge in [-0.25, -0.2) is 0 Å². The van der Waals surface area contributed by atoms with Gasteiger partial charge in [-0.05, 0) is 12.8 Å². The minimum atomic E-state index is 0.484. The van der Waals surface area contributed by atoms with E-state index in [9.17, 15) is 0 Å². The van der Waals surface area contributed by atoms with Gasteiger partial charge in [0.05, 0.1) is 12.7 Å². The molecule has 0 saturated carbocycles. The molecule has 3 heteroatoms. The summed E-state index contributed by atoms with van der Waals surface area (Å²) in [5.74, 6) is 0. The smallest absolute Gasteiger partial charge is 0.0597 e. The van der Waals surface area contributed by atoms with Gasteiger partial charge in [-0.1, -0.05) is 20.3 Å². The Balaban J connectivity index is 2.03. The van der Waals surface area contributed by atoms with Crippen LogP contribution in [0.4, 0.5) is 0 Å². The maximum atomic E-state index is 5.87. The lowest BCUT2D eigenvalue weighted by molar-refractivity contribution is 0.0283. The molecule has 3 nitrogen and oxygen atoms in total. The highest BCUT2D eigenvalue weighted by molar-refractivity contribution is 4.67. The Morgan fingerprint density at radius 3 is 2.60 bits per heavy atom. The molecule has 1 fully saturated rings. The third-order valence-corrected chi connectivity index (χ3v) is 3.04. The Bertz CT molecular complexity index is 142. The first kappa shape index (κ1) is 12.9. The summed E-state index contributed by atoms with van der Waals surface area (Å²) in [5.41, 5.74) is 0. The summed E-state index contributed by atoms with van der Waals surface area (Å²) in [7, 11) is 0. The van der Waals surface area contributed by atoms with Crippen LogP contribution in [-0.4, -0.2) is 50.3 Å². The number of piperazine rings is 1. The fourth-order valence-corrected chi connectivity index (χ4v) is 2.01. The van der Waals surface area contributed by atoms with Crippen molar-refractivity contribution >= 4 is 0 Å². The third-order valence-electron chi connectivity index (χ3n) is 3.04. The van der Waals surface area contributed by atoms with E-state index in [0.29, 0.717) is 6.10 Å². The van der Waals surface area contributed by atoms with Crippen LogP contribution in [0.25, 0.3) is 0 Å². The summed E-state index contributed by atoms with van der Waals surface area (Å²) in [6.07, 6.45) is 4.07. The van der Waals surface area contributed by atoms with E-state index in [-0.39, 0.29) is 0 Å². The zero-order valence-corrected chi connectivity index (χ0v) is 10.3. The van der Waals surface area contributed by atoms with Crippen molar-refractivity contribution in [3.63, 3.8) is 0 Å². The minimum Gasteiger partial charge on any atom is -0.377 e. The Kier molecular flexibility index (Phi) is 6.98. The summed E-state index contributed by atoms with van der Waals surface area (Å²) in [5, 5.41) is 3.36. The second-order valence-corrected chi connectivity index (χ2v) is 4.28. The second-order valence-electron chi connectivity index (χ2n) is 4.28. The van der Waals surface area contributed by atoms with Crippen LogP contribution in [0.15, 0.2) is 0 Å². The Labute approximate surface area is 94.2 Å². The maximum Gasteiger partial charge on any atom is 0.0597 e. The molecule has 0 radical (unpaired) electrons. The van der Waals surface area contributed by atoms with E-state index in [2.05, 4.69) is 24.1 Å². The molecule has 15 heavy (non-hydrogen) atoms. The van der Waals surface area contributed by atoms with Crippen LogP contribution >= 0.6 is 0 Å². The van der Waals surface area contributed by atoms with Crippen LogP contribution in [0.3, 0.4) is 0 Å². The van der Waals surface area contributed by atoms with Gasteiger partial charge >= 0.3 is 0 Å². The van der Waals surface area contributed by atoms with Gasteiger partial charge in [0.2, 0.25) is 0 Å². The Morgan fingerprint density at radius 1 is 1.27 bits per heavy atom. The van der Waals surface area contributed by atoms with Crippen molar-refractivity contribution in [2.45, 2.75) is 39.2 Å². The molecule has 0 aromatic rings. The fourth-order valence-electron chi connectivity index (χ4n) is 2.01. The van der Waals surface area contributed by atoms with Gasteiger partial charge in [-0.15, -0.1) is 0 Å². The predicted octanol–water partition coefficient (Wildman–Crippen LogP) is 1.49. The average molecular weight is 214 g/mol. The molecule has 1 aliphatic rings. The van der Waals surface area contributed by atoms with Crippen molar-refractivity contribution in [1.29, 1.82) is 0 Å². The fraction of sp³-hybridized carbons (Fsp3) is 1.00. The van der Waals surface area contributed by atoms with Crippen molar-refractivity contribution in [3.8, 4) is 0 Å². The molecule has 1 unspecified atom stereocenters. The summed E-state index contributed by atoms with van der Waals surface area (Å²) in [6.45, 7) is 11.0. The van der Waals surface area contributed by atoms with Crippen molar-refractivity contribution in [2.75, 3.05) is 39.3 Å². The third kappa shape index (κ3) is 5.50. The van der Waals surface area contributed by atoms with Crippen LogP contribution in [0, 0.1) is 0 Å². The molecule has 1 N–H and O–H groups in total. The topological polar surface area (TPSA) is 24.5 Å². The normalized spacial score (nSPS) is 20.4. The van der Waals surface area contributed by atoms with E-state index in [1.807, 2.05) is 0 Å². The first-order chi connectivity index (χ1) is 7.36. The Hall–Kier alpha value is -0.120. The van der Waals surface area contributed by atoms with Crippen molar-refractivity contribution in [3.05, 3.63) is 0 Å². The zero-order valence-electron chi connectivity index (χ0n) is 10.3. The zero-order chi connectivity index (χ0) is 10.9. The monoisotopic (exact) mass is 214 g/mol. The molecule has 0 aliphatic carbocycles. The predicted molar refractivity (Wildman–Crippen MR) is 64.2 cm³/mol. The molecular formula is C12H26N2O. The lowest BCUT2D eigenvalue weighted by atomic mass is 10.2. The molecule has 0 aromatic heterocycles. The second kappa shape index (κ2) is 8.08. The number of hydrogen-bond acceptors (Lipinski definition) is 3. The number of nitrogens with one attached hydrogen (secondary N) is 1. The van der Waals surface area contributed by atoms with Gasteiger partial charge in [0.1, 0.15) is 0 Å². The van der Waals surface area contributed by atoms with Crippen molar-refractivity contribution in [2.24, 2.45) is 0 Å². The van der Waals surface area contributed by atoms with Crippen LogP contribution in [0.5, 0.6) is 0 Å². The molecular weight excluding hydrogens is 188 g/mol. The molecule has 1 heterocycles. The lowest BCUT2D eigenvalue weighted by Gasteiger charge is -2.27. The first-order valence-electron chi connectivity index (χ1n) is 6.41. The number of hydrogen-bond donors (Lipinski definition) is 1. The highest BCUT2D eigenvalue weighted by atomic mass is 16.5. The molecule has 0 bridgehead atoms. The van der Waals surface area contributed by atoms with Gasteiger partial charge in [0.25, 0.3) is 0 Å². The number of nitrogens with zero attached hydrogens (tertiary/aromatic N) is 1. The average Bonchev–Trinajstić information content (AvgIpc) is 2.29. The van der Waals surface area contributed by atoms with Crippen LogP contribution < -0.4 is 5.32 Å². The SMILES string of the molecule is CCCC(CC)OCCN1CCNCC1. The van der Waals surface area contributed by atoms with E-state index < -0.39 is 0 Å². The largest absolute Gasteiger partial charge is 0.377 e. The van der Waals surface area contributed by atoms with Gasteiger partial charge in [0, 0.05) is 32.7 Å². The van der Waals surface area contributed by atoms with E-state index in [0.717, 1.165) is 32.7 Å². The molecule has 1 aliphatic heterocycles. The van der Waals surface area contributed by atoms with Crippen LogP contribution in [-0.2, 0) is 4.74 Å². The van der Waals surface area contributed by atoms with Crippen LogP contribution in [0.2, 0.25) is 0 Å². The molecule has 0 spiro atoms. The van der Waals surface area contributed by atoms with E-state index in [4.69, 9.17) is 4.74 Å². The summed E-state index contributed by atoms with van der Waals surface area (Å²) in [4.78, 5) is 2.48. The summed E-state index contributed by atoms with van der Waals surface area (Å²) < 4.78 is 5.87. The number of rotatable bonds is 7. The van der Waals surface area contributed by atoms with E-state index >= 15 is 0 Å². The van der Waals surface area contributed by atoms with Gasteiger partial charge in [0.15, 0.2) is 0 Å². The molecule has 0 amide bonds. The molecule has 1 atom stereocenters. The van der Waals surface area contributed by atoms with Gasteiger partial charge in [-0.2, -0.15) is 0 Å². The number of ether oxygens (including phenoxy) is 1. The highest BCUT2D eigenvalue weighted by Gasteiger charge is 2.10. The van der Waals surface area contributed by atoms with Gasteiger partial charge in [-0.3, -0.25) is 4.90 Å².